The van der Waals surface area contributed by atoms with Gasteiger partial charge in [0.1, 0.15) is 5.82 Å². The summed E-state index contributed by atoms with van der Waals surface area (Å²) in [5.74, 6) is -1.32. The lowest BCUT2D eigenvalue weighted by molar-refractivity contribution is -0.131. The fourth-order valence-electron chi connectivity index (χ4n) is 2.35. The van der Waals surface area contributed by atoms with Crippen LogP contribution in [0.1, 0.15) is 29.3 Å². The van der Waals surface area contributed by atoms with Crippen LogP contribution in [0.5, 0.6) is 0 Å². The molecule has 5 nitrogen and oxygen atoms in total. The van der Waals surface area contributed by atoms with Gasteiger partial charge in [-0.15, -0.1) is 0 Å². The number of aromatic nitrogens is 2. The Labute approximate surface area is 134 Å². The number of halogens is 1. The third-order valence-corrected chi connectivity index (χ3v) is 3.64. The van der Waals surface area contributed by atoms with E-state index in [4.69, 9.17) is 0 Å². The molecule has 1 heterocycles. The molecule has 2 aromatic rings. The van der Waals surface area contributed by atoms with E-state index in [0.717, 1.165) is 5.56 Å². The fourth-order valence-corrected chi connectivity index (χ4v) is 2.35. The number of benzene rings is 1. The maximum Gasteiger partial charge on any atom is 0.223 e. The van der Waals surface area contributed by atoms with Gasteiger partial charge in [-0.3, -0.25) is 14.3 Å². The number of ketones is 1. The Morgan fingerprint density at radius 1 is 1.39 bits per heavy atom. The largest absolute Gasteiger partial charge is 0.341 e. The van der Waals surface area contributed by atoms with Gasteiger partial charge in [0.25, 0.3) is 0 Å². The predicted molar refractivity (Wildman–Crippen MR) is 84.2 cm³/mol. The van der Waals surface area contributed by atoms with Gasteiger partial charge in [-0.25, -0.2) is 4.39 Å². The minimum absolute atomic E-state index is 0.0894. The predicted octanol–water partition coefficient (Wildman–Crippen LogP) is 2.43. The minimum Gasteiger partial charge on any atom is -0.341 e. The molecule has 0 aliphatic rings. The Morgan fingerprint density at radius 3 is 2.74 bits per heavy atom. The van der Waals surface area contributed by atoms with E-state index in [0.29, 0.717) is 12.1 Å². The minimum atomic E-state index is -0.499. The van der Waals surface area contributed by atoms with Gasteiger partial charge in [0, 0.05) is 50.3 Å². The highest BCUT2D eigenvalue weighted by molar-refractivity contribution is 5.99. The van der Waals surface area contributed by atoms with Gasteiger partial charge in [0.15, 0.2) is 5.78 Å². The lowest BCUT2D eigenvalue weighted by atomic mass is 9.96. The molecular formula is C17H20FN3O2. The van der Waals surface area contributed by atoms with Gasteiger partial charge in [0.2, 0.25) is 5.91 Å². The Kier molecular flexibility index (Phi) is 5.26. The fraction of sp³-hybridized carbons (Fsp3) is 0.353. The average Bonchev–Trinajstić information content (AvgIpc) is 2.91. The first-order chi connectivity index (χ1) is 10.9. The van der Waals surface area contributed by atoms with Gasteiger partial charge >= 0.3 is 0 Å². The second-order valence-corrected chi connectivity index (χ2v) is 5.75. The van der Waals surface area contributed by atoms with Crippen LogP contribution in [0, 0.1) is 11.7 Å². The van der Waals surface area contributed by atoms with Crippen molar-refractivity contribution in [3.63, 3.8) is 0 Å². The normalized spacial score (nSPS) is 12.0. The van der Waals surface area contributed by atoms with Crippen molar-refractivity contribution >= 4 is 11.7 Å². The molecule has 2 rings (SSSR count). The van der Waals surface area contributed by atoms with Crippen LogP contribution in [0.25, 0.3) is 0 Å². The molecule has 0 fully saturated rings. The molecular weight excluding hydrogens is 297 g/mol. The van der Waals surface area contributed by atoms with Crippen molar-refractivity contribution in [2.24, 2.45) is 13.0 Å². The first-order valence-corrected chi connectivity index (χ1v) is 7.38. The van der Waals surface area contributed by atoms with Gasteiger partial charge in [0.05, 0.1) is 6.20 Å². The summed E-state index contributed by atoms with van der Waals surface area (Å²) in [6.07, 6.45) is 3.63. The number of rotatable bonds is 6. The van der Waals surface area contributed by atoms with E-state index in [9.17, 15) is 14.0 Å². The molecule has 0 bridgehead atoms. The van der Waals surface area contributed by atoms with E-state index in [1.807, 2.05) is 13.2 Å². The zero-order chi connectivity index (χ0) is 17.0. The highest BCUT2D eigenvalue weighted by atomic mass is 19.1. The number of nitrogens with zero attached hydrogens (tertiary/aromatic N) is 3. The summed E-state index contributed by atoms with van der Waals surface area (Å²) in [6, 6.07) is 5.54. The Morgan fingerprint density at radius 2 is 2.13 bits per heavy atom. The zero-order valence-corrected chi connectivity index (χ0v) is 13.5. The van der Waals surface area contributed by atoms with Gasteiger partial charge in [-0.05, 0) is 12.1 Å². The molecule has 0 saturated carbocycles. The molecule has 0 aliphatic heterocycles. The summed E-state index contributed by atoms with van der Waals surface area (Å²) in [7, 11) is 3.50. The first-order valence-electron chi connectivity index (χ1n) is 7.38. The van der Waals surface area contributed by atoms with Gasteiger partial charge in [-0.2, -0.15) is 5.10 Å². The van der Waals surface area contributed by atoms with Crippen LogP contribution in [0.4, 0.5) is 4.39 Å². The van der Waals surface area contributed by atoms with E-state index in [-0.39, 0.29) is 18.1 Å². The maximum atomic E-state index is 13.2. The second-order valence-electron chi connectivity index (χ2n) is 5.75. The molecule has 0 saturated heterocycles. The Hall–Kier alpha value is -2.50. The third kappa shape index (κ3) is 4.48. The van der Waals surface area contributed by atoms with Crippen LogP contribution < -0.4 is 0 Å². The van der Waals surface area contributed by atoms with Gasteiger partial charge < -0.3 is 4.90 Å². The number of Topliss-reactive ketones (excluding diaryl/α,β-unsaturated/α-hetero) is 1. The lowest BCUT2D eigenvalue weighted by Crippen LogP contribution is -2.29. The van der Waals surface area contributed by atoms with Crippen LogP contribution in [0.15, 0.2) is 36.7 Å². The van der Waals surface area contributed by atoms with Gasteiger partial charge in [-0.1, -0.05) is 19.1 Å². The van der Waals surface area contributed by atoms with Crippen LogP contribution in [0.2, 0.25) is 0 Å². The van der Waals surface area contributed by atoms with E-state index in [1.165, 1.54) is 18.2 Å². The lowest BCUT2D eigenvalue weighted by Gasteiger charge is -2.18. The van der Waals surface area contributed by atoms with Crippen LogP contribution in [0.3, 0.4) is 0 Å². The Bertz CT molecular complexity index is 711. The van der Waals surface area contributed by atoms with Crippen LogP contribution in [-0.4, -0.2) is 33.4 Å². The van der Waals surface area contributed by atoms with Crippen molar-refractivity contribution < 1.29 is 14.0 Å². The number of carbonyl (C=O) groups is 2. The topological polar surface area (TPSA) is 55.2 Å². The molecule has 1 amide bonds. The van der Waals surface area contributed by atoms with Crippen molar-refractivity contribution in [2.45, 2.75) is 19.9 Å². The monoisotopic (exact) mass is 317 g/mol. The maximum absolute atomic E-state index is 13.2. The molecule has 0 spiro atoms. The van der Waals surface area contributed by atoms with E-state index in [2.05, 4.69) is 5.10 Å². The summed E-state index contributed by atoms with van der Waals surface area (Å²) in [5, 5.41) is 4.06. The van der Waals surface area contributed by atoms with Crippen molar-refractivity contribution in [1.82, 2.24) is 14.7 Å². The first kappa shape index (κ1) is 16.9. The average molecular weight is 317 g/mol. The standard InChI is InChI=1S/C17H20FN3O2/c1-12(17(23)14-5-4-6-15(18)8-14)7-16(22)20(2)10-13-9-19-21(3)11-13/h4-6,8-9,11-12H,7,10H2,1-3H3/t12-/m0/s1. The number of aryl methyl sites for hydroxylation is 1. The van der Waals surface area contributed by atoms with Crippen molar-refractivity contribution in [3.8, 4) is 0 Å². The molecule has 1 aromatic heterocycles. The van der Waals surface area contributed by atoms with E-state index >= 15 is 0 Å². The third-order valence-electron chi connectivity index (χ3n) is 3.64. The molecule has 1 atom stereocenters. The molecule has 0 N–H and O–H groups in total. The molecule has 23 heavy (non-hydrogen) atoms. The quantitative estimate of drug-likeness (QED) is 0.769. The summed E-state index contributed by atoms with van der Waals surface area (Å²) < 4.78 is 14.9. The van der Waals surface area contributed by atoms with Crippen molar-refractivity contribution in [1.29, 1.82) is 0 Å². The molecule has 6 heteroatoms. The van der Waals surface area contributed by atoms with Crippen molar-refractivity contribution in [2.75, 3.05) is 7.05 Å². The summed E-state index contributed by atoms with van der Waals surface area (Å²) in [6.45, 7) is 2.12. The van der Waals surface area contributed by atoms with E-state index in [1.54, 1.807) is 35.8 Å². The molecule has 1 aromatic carbocycles. The summed E-state index contributed by atoms with van der Waals surface area (Å²) in [5.41, 5.74) is 1.22. The number of amides is 1. The molecule has 122 valence electrons. The SMILES string of the molecule is C[C@@H](CC(=O)N(C)Cc1cnn(C)c1)C(=O)c1cccc(F)c1. The highest BCUT2D eigenvalue weighted by Gasteiger charge is 2.21. The Balaban J connectivity index is 1.94. The van der Waals surface area contributed by atoms with E-state index < -0.39 is 11.7 Å². The zero-order valence-electron chi connectivity index (χ0n) is 13.5. The number of hydrogen-bond acceptors (Lipinski definition) is 3. The summed E-state index contributed by atoms with van der Waals surface area (Å²) >= 11 is 0. The molecule has 0 aliphatic carbocycles. The molecule has 0 unspecified atom stereocenters. The second kappa shape index (κ2) is 7.17. The van der Waals surface area contributed by atoms with Crippen molar-refractivity contribution in [3.05, 3.63) is 53.6 Å². The number of hydrogen-bond donors (Lipinski definition) is 0. The molecule has 0 radical (unpaired) electrons. The van der Waals surface area contributed by atoms with Crippen LogP contribution >= 0.6 is 0 Å². The van der Waals surface area contributed by atoms with Crippen LogP contribution in [-0.2, 0) is 18.4 Å². The highest BCUT2D eigenvalue weighted by Crippen LogP contribution is 2.15. The smallest absolute Gasteiger partial charge is 0.223 e. The number of carbonyl (C=O) groups excluding carboxylic acids is 2. The summed E-state index contributed by atoms with van der Waals surface area (Å²) in [4.78, 5) is 26.1.